The zero-order valence-electron chi connectivity index (χ0n) is 10.7. The fourth-order valence-electron chi connectivity index (χ4n) is 1.37. The first-order valence-corrected chi connectivity index (χ1v) is 5.96. The number of pyridine rings is 1. The molecule has 0 saturated heterocycles. The van der Waals surface area contributed by atoms with Crippen LogP contribution in [0.5, 0.6) is 0 Å². The number of carbonyl (C=O) groups is 1. The highest BCUT2D eigenvalue weighted by molar-refractivity contribution is 6.34. The number of aryl methyl sites for hydroxylation is 3. The van der Waals surface area contributed by atoms with Gasteiger partial charge in [0.1, 0.15) is 0 Å². The molecule has 0 saturated carbocycles. The molecule has 1 N–H and O–H groups in total. The zero-order valence-corrected chi connectivity index (χ0v) is 11.5. The van der Waals surface area contributed by atoms with E-state index in [0.29, 0.717) is 16.4 Å². The summed E-state index contributed by atoms with van der Waals surface area (Å²) in [5, 5.41) is 10.6. The molecule has 7 heteroatoms. The summed E-state index contributed by atoms with van der Waals surface area (Å²) in [7, 11) is 0. The topological polar surface area (TPSA) is 80.7 Å². The summed E-state index contributed by atoms with van der Waals surface area (Å²) in [6.45, 7) is 5.38. The van der Waals surface area contributed by atoms with E-state index in [4.69, 9.17) is 11.6 Å². The summed E-state index contributed by atoms with van der Waals surface area (Å²) in [6, 6.07) is 1.62. The molecular weight excluding hydrogens is 266 g/mol. The molecular formula is C12H12ClN5O. The van der Waals surface area contributed by atoms with Gasteiger partial charge in [-0.2, -0.15) is 5.10 Å². The predicted octanol–water partition coefficient (Wildman–Crippen LogP) is 2.10. The number of nitrogens with one attached hydrogen (secondary N) is 1. The van der Waals surface area contributed by atoms with Gasteiger partial charge in [0.05, 0.1) is 22.0 Å². The van der Waals surface area contributed by atoms with Crippen molar-refractivity contribution in [2.24, 2.45) is 0 Å². The third-order valence-corrected chi connectivity index (χ3v) is 2.86. The molecule has 0 aliphatic carbocycles. The van der Waals surface area contributed by atoms with Gasteiger partial charge in [0.15, 0.2) is 0 Å². The Morgan fingerprint density at radius 1 is 1.21 bits per heavy atom. The molecule has 0 aliphatic heterocycles. The zero-order chi connectivity index (χ0) is 14.0. The van der Waals surface area contributed by atoms with Gasteiger partial charge in [-0.05, 0) is 26.8 Å². The minimum atomic E-state index is -0.414. The van der Waals surface area contributed by atoms with Crippen LogP contribution in [0.25, 0.3) is 0 Å². The average molecular weight is 278 g/mol. The SMILES string of the molecule is Cc1cc(Cl)c(C(=O)Nc2nnc(C)c(C)n2)cn1. The fraction of sp³-hybridized carbons (Fsp3) is 0.250. The van der Waals surface area contributed by atoms with Gasteiger partial charge in [0.25, 0.3) is 5.91 Å². The second kappa shape index (κ2) is 5.27. The maximum absolute atomic E-state index is 12.0. The standard InChI is InChI=1S/C12H12ClN5O/c1-6-4-10(13)9(5-14-6)11(19)16-12-15-7(2)8(3)17-18-12/h4-5H,1-3H3,(H,15,16,18,19). The maximum atomic E-state index is 12.0. The van der Waals surface area contributed by atoms with E-state index >= 15 is 0 Å². The number of anilines is 1. The number of hydrogen-bond acceptors (Lipinski definition) is 5. The highest BCUT2D eigenvalue weighted by Crippen LogP contribution is 2.16. The average Bonchev–Trinajstić information content (AvgIpc) is 2.33. The lowest BCUT2D eigenvalue weighted by molar-refractivity contribution is 0.102. The number of amides is 1. The molecule has 0 aliphatic rings. The van der Waals surface area contributed by atoms with E-state index in [9.17, 15) is 4.79 Å². The van der Waals surface area contributed by atoms with Crippen molar-refractivity contribution in [1.29, 1.82) is 0 Å². The van der Waals surface area contributed by atoms with E-state index in [1.165, 1.54) is 6.20 Å². The van der Waals surface area contributed by atoms with Gasteiger partial charge < -0.3 is 0 Å². The van der Waals surface area contributed by atoms with Gasteiger partial charge in [-0.1, -0.05) is 11.6 Å². The quantitative estimate of drug-likeness (QED) is 0.909. The van der Waals surface area contributed by atoms with Crippen molar-refractivity contribution in [3.8, 4) is 0 Å². The summed E-state index contributed by atoms with van der Waals surface area (Å²) in [4.78, 5) is 20.1. The monoisotopic (exact) mass is 277 g/mol. The normalized spacial score (nSPS) is 10.3. The lowest BCUT2D eigenvalue weighted by atomic mass is 10.2. The predicted molar refractivity (Wildman–Crippen MR) is 71.2 cm³/mol. The Balaban J connectivity index is 2.23. The Morgan fingerprint density at radius 3 is 2.58 bits per heavy atom. The second-order valence-electron chi connectivity index (χ2n) is 4.07. The van der Waals surface area contributed by atoms with E-state index in [1.807, 2.05) is 0 Å². The molecule has 0 aromatic carbocycles. The molecule has 2 rings (SSSR count). The molecule has 2 aromatic rings. The van der Waals surface area contributed by atoms with E-state index in [-0.39, 0.29) is 11.5 Å². The van der Waals surface area contributed by atoms with Crippen molar-refractivity contribution in [3.63, 3.8) is 0 Å². The minimum absolute atomic E-state index is 0.143. The number of rotatable bonds is 2. The Bertz CT molecular complexity index is 644. The van der Waals surface area contributed by atoms with E-state index in [1.54, 1.807) is 26.8 Å². The van der Waals surface area contributed by atoms with Crippen molar-refractivity contribution in [2.45, 2.75) is 20.8 Å². The smallest absolute Gasteiger partial charge is 0.261 e. The third-order valence-electron chi connectivity index (χ3n) is 2.55. The second-order valence-corrected chi connectivity index (χ2v) is 4.47. The highest BCUT2D eigenvalue weighted by atomic mass is 35.5. The summed E-state index contributed by atoms with van der Waals surface area (Å²) < 4.78 is 0. The van der Waals surface area contributed by atoms with Crippen LogP contribution in [0, 0.1) is 20.8 Å². The summed E-state index contributed by atoms with van der Waals surface area (Å²) in [6.07, 6.45) is 1.42. The lowest BCUT2D eigenvalue weighted by Crippen LogP contribution is -2.16. The van der Waals surface area contributed by atoms with Crippen LogP contribution in [-0.4, -0.2) is 26.1 Å². The van der Waals surface area contributed by atoms with Crippen LogP contribution in [0.1, 0.15) is 27.4 Å². The Morgan fingerprint density at radius 2 is 1.95 bits per heavy atom. The van der Waals surface area contributed by atoms with Crippen molar-refractivity contribution >= 4 is 23.5 Å². The molecule has 0 atom stereocenters. The Kier molecular flexibility index (Phi) is 3.71. The van der Waals surface area contributed by atoms with E-state index in [2.05, 4.69) is 25.5 Å². The van der Waals surface area contributed by atoms with Crippen LogP contribution >= 0.6 is 11.6 Å². The maximum Gasteiger partial charge on any atom is 0.261 e. The van der Waals surface area contributed by atoms with Gasteiger partial charge >= 0.3 is 0 Å². The molecule has 6 nitrogen and oxygen atoms in total. The number of halogens is 1. The van der Waals surface area contributed by atoms with Gasteiger partial charge in [0.2, 0.25) is 5.95 Å². The molecule has 2 aromatic heterocycles. The lowest BCUT2D eigenvalue weighted by Gasteiger charge is -2.06. The highest BCUT2D eigenvalue weighted by Gasteiger charge is 2.13. The molecule has 0 spiro atoms. The van der Waals surface area contributed by atoms with Crippen molar-refractivity contribution in [2.75, 3.05) is 5.32 Å². The number of carbonyl (C=O) groups excluding carboxylic acids is 1. The van der Waals surface area contributed by atoms with Gasteiger partial charge in [0, 0.05) is 11.9 Å². The molecule has 19 heavy (non-hydrogen) atoms. The fourth-order valence-corrected chi connectivity index (χ4v) is 1.66. The molecule has 2 heterocycles. The van der Waals surface area contributed by atoms with Crippen LogP contribution in [0.4, 0.5) is 5.95 Å². The first-order chi connectivity index (χ1) is 8.97. The third kappa shape index (κ3) is 3.03. The Labute approximate surface area is 115 Å². The number of aromatic nitrogens is 4. The first-order valence-electron chi connectivity index (χ1n) is 5.59. The summed E-state index contributed by atoms with van der Waals surface area (Å²) in [5.41, 5.74) is 2.44. The van der Waals surface area contributed by atoms with Crippen LogP contribution < -0.4 is 5.32 Å². The van der Waals surface area contributed by atoms with Crippen LogP contribution in [0.3, 0.4) is 0 Å². The van der Waals surface area contributed by atoms with Crippen molar-refractivity contribution in [3.05, 3.63) is 39.9 Å². The van der Waals surface area contributed by atoms with Gasteiger partial charge in [-0.3, -0.25) is 15.1 Å². The molecule has 0 radical (unpaired) electrons. The van der Waals surface area contributed by atoms with Crippen LogP contribution in [-0.2, 0) is 0 Å². The summed E-state index contributed by atoms with van der Waals surface area (Å²) in [5.74, 6) is -0.271. The molecule has 0 fully saturated rings. The first kappa shape index (κ1) is 13.4. The van der Waals surface area contributed by atoms with E-state index < -0.39 is 5.91 Å². The minimum Gasteiger partial charge on any atom is -0.289 e. The van der Waals surface area contributed by atoms with E-state index in [0.717, 1.165) is 5.69 Å². The Hall–Kier alpha value is -2.08. The van der Waals surface area contributed by atoms with Crippen LogP contribution in [0.15, 0.2) is 12.3 Å². The molecule has 98 valence electrons. The summed E-state index contributed by atoms with van der Waals surface area (Å²) >= 11 is 5.99. The van der Waals surface area contributed by atoms with Crippen molar-refractivity contribution < 1.29 is 4.79 Å². The van der Waals surface area contributed by atoms with Crippen molar-refractivity contribution in [1.82, 2.24) is 20.2 Å². The number of hydrogen-bond donors (Lipinski definition) is 1. The molecule has 0 bridgehead atoms. The molecule has 0 unspecified atom stereocenters. The van der Waals surface area contributed by atoms with Crippen LogP contribution in [0.2, 0.25) is 5.02 Å². The largest absolute Gasteiger partial charge is 0.289 e. The van der Waals surface area contributed by atoms with Gasteiger partial charge in [-0.25, -0.2) is 4.98 Å². The number of nitrogens with zero attached hydrogens (tertiary/aromatic N) is 4. The molecule has 1 amide bonds. The van der Waals surface area contributed by atoms with Gasteiger partial charge in [-0.15, -0.1) is 5.10 Å².